The molecule has 2 aliphatic rings. The summed E-state index contributed by atoms with van der Waals surface area (Å²) >= 11 is 3.25. The normalized spacial score (nSPS) is 29.4. The fourth-order valence-electron chi connectivity index (χ4n) is 3.47. The van der Waals surface area contributed by atoms with Gasteiger partial charge in [-0.25, -0.2) is 4.39 Å². The number of hydrogen-bond acceptors (Lipinski definition) is 2. The molecule has 2 unspecified atom stereocenters. The van der Waals surface area contributed by atoms with Crippen LogP contribution in [0.2, 0.25) is 0 Å². The summed E-state index contributed by atoms with van der Waals surface area (Å²) < 4.78 is 13.6. The Morgan fingerprint density at radius 1 is 1.35 bits per heavy atom. The van der Waals surface area contributed by atoms with E-state index in [1.54, 1.807) is 0 Å². The number of amides is 1. The van der Waals surface area contributed by atoms with Crippen LogP contribution in [0.25, 0.3) is 0 Å². The molecule has 0 saturated carbocycles. The molecule has 20 heavy (non-hydrogen) atoms. The smallest absolute Gasteiger partial charge is 0.252 e. The third-order valence-corrected chi connectivity index (χ3v) is 5.27. The average molecular weight is 341 g/mol. The van der Waals surface area contributed by atoms with Gasteiger partial charge >= 0.3 is 0 Å². The molecule has 5 heteroatoms. The van der Waals surface area contributed by atoms with Crippen LogP contribution in [0, 0.1) is 5.82 Å². The van der Waals surface area contributed by atoms with Crippen LogP contribution in [0.3, 0.4) is 0 Å². The molecule has 1 amide bonds. The van der Waals surface area contributed by atoms with Crippen molar-refractivity contribution in [2.75, 3.05) is 7.05 Å². The van der Waals surface area contributed by atoms with E-state index in [0.717, 1.165) is 12.8 Å². The highest BCUT2D eigenvalue weighted by atomic mass is 79.9. The zero-order valence-corrected chi connectivity index (χ0v) is 13.0. The molecule has 2 heterocycles. The van der Waals surface area contributed by atoms with Crippen molar-refractivity contribution in [2.24, 2.45) is 0 Å². The molecule has 0 aliphatic carbocycles. The van der Waals surface area contributed by atoms with Gasteiger partial charge in [-0.2, -0.15) is 0 Å². The second-order valence-corrected chi connectivity index (χ2v) is 6.67. The van der Waals surface area contributed by atoms with Gasteiger partial charge in [-0.15, -0.1) is 0 Å². The van der Waals surface area contributed by atoms with Crippen LogP contribution in [0.4, 0.5) is 4.39 Å². The largest absolute Gasteiger partial charge is 0.349 e. The minimum Gasteiger partial charge on any atom is -0.349 e. The fraction of sp³-hybridized carbons (Fsp3) is 0.533. The van der Waals surface area contributed by atoms with Gasteiger partial charge in [0.2, 0.25) is 0 Å². The summed E-state index contributed by atoms with van der Waals surface area (Å²) in [5, 5.41) is 3.10. The van der Waals surface area contributed by atoms with Gasteiger partial charge in [0.15, 0.2) is 0 Å². The number of rotatable bonds is 2. The number of hydrogen-bond donors (Lipinski definition) is 1. The molecule has 0 aromatic heterocycles. The molecule has 2 atom stereocenters. The van der Waals surface area contributed by atoms with Gasteiger partial charge in [-0.3, -0.25) is 4.79 Å². The van der Waals surface area contributed by atoms with Crippen LogP contribution >= 0.6 is 15.9 Å². The Morgan fingerprint density at radius 3 is 2.60 bits per heavy atom. The summed E-state index contributed by atoms with van der Waals surface area (Å²) in [5.41, 5.74) is 0.498. The Bertz CT molecular complexity index is 523. The van der Waals surface area contributed by atoms with Gasteiger partial charge in [0, 0.05) is 22.6 Å². The first kappa shape index (κ1) is 14.0. The summed E-state index contributed by atoms with van der Waals surface area (Å²) in [6.07, 6.45) is 4.48. The number of carbonyl (C=O) groups excluding carboxylic acids is 1. The molecule has 2 aliphatic heterocycles. The SMILES string of the molecule is CN1C2CCC1CC(NC(=O)c1ccc(F)cc1Br)C2. The lowest BCUT2D eigenvalue weighted by Gasteiger charge is -2.36. The van der Waals surface area contributed by atoms with Crippen molar-refractivity contribution in [1.82, 2.24) is 10.2 Å². The molecule has 2 saturated heterocycles. The molecule has 3 nitrogen and oxygen atoms in total. The number of piperidine rings is 1. The lowest BCUT2D eigenvalue weighted by molar-refractivity contribution is 0.0881. The second-order valence-electron chi connectivity index (χ2n) is 5.82. The van der Waals surface area contributed by atoms with Crippen LogP contribution in [0.1, 0.15) is 36.0 Å². The van der Waals surface area contributed by atoms with E-state index in [0.29, 0.717) is 22.1 Å². The van der Waals surface area contributed by atoms with Gasteiger partial charge in [-0.1, -0.05) is 0 Å². The number of carbonyl (C=O) groups is 1. The van der Waals surface area contributed by atoms with E-state index in [4.69, 9.17) is 0 Å². The maximum atomic E-state index is 13.1. The zero-order chi connectivity index (χ0) is 14.3. The third kappa shape index (κ3) is 2.61. The predicted octanol–water partition coefficient (Wildman–Crippen LogP) is 2.94. The van der Waals surface area contributed by atoms with Crippen molar-refractivity contribution in [1.29, 1.82) is 0 Å². The van der Waals surface area contributed by atoms with E-state index in [1.807, 2.05) is 0 Å². The summed E-state index contributed by atoms with van der Waals surface area (Å²) in [5.74, 6) is -0.461. The second kappa shape index (κ2) is 5.45. The van der Waals surface area contributed by atoms with E-state index in [1.165, 1.54) is 31.0 Å². The van der Waals surface area contributed by atoms with E-state index >= 15 is 0 Å². The Hall–Kier alpha value is -0.940. The number of nitrogens with one attached hydrogen (secondary N) is 1. The predicted molar refractivity (Wildman–Crippen MR) is 79.2 cm³/mol. The highest BCUT2D eigenvalue weighted by Gasteiger charge is 2.38. The highest BCUT2D eigenvalue weighted by Crippen LogP contribution is 2.34. The van der Waals surface area contributed by atoms with Gasteiger partial charge in [0.25, 0.3) is 5.91 Å². The molecule has 1 aromatic carbocycles. The zero-order valence-electron chi connectivity index (χ0n) is 11.4. The standard InChI is InChI=1S/C15H18BrFN2O/c1-19-11-3-4-12(19)8-10(7-11)18-15(20)13-5-2-9(17)6-14(13)16/h2,5-6,10-12H,3-4,7-8H2,1H3,(H,18,20). The first-order valence-corrected chi connectivity index (χ1v) is 7.81. The fourth-order valence-corrected chi connectivity index (χ4v) is 4.00. The Kier molecular flexibility index (Phi) is 3.82. The molecule has 1 N–H and O–H groups in total. The molecule has 0 spiro atoms. The van der Waals surface area contributed by atoms with E-state index in [2.05, 4.69) is 33.2 Å². The maximum absolute atomic E-state index is 13.1. The van der Waals surface area contributed by atoms with Crippen molar-refractivity contribution in [3.05, 3.63) is 34.1 Å². The summed E-state index contributed by atoms with van der Waals surface area (Å²) in [7, 11) is 2.18. The summed E-state index contributed by atoms with van der Waals surface area (Å²) in [6.45, 7) is 0. The van der Waals surface area contributed by atoms with Gasteiger partial charge in [0.1, 0.15) is 5.82 Å². The van der Waals surface area contributed by atoms with Crippen molar-refractivity contribution in [3.63, 3.8) is 0 Å². The molecule has 108 valence electrons. The molecule has 3 rings (SSSR count). The minimum atomic E-state index is -0.342. The Balaban J connectivity index is 1.68. The average Bonchev–Trinajstić information content (AvgIpc) is 2.62. The Morgan fingerprint density at radius 2 is 2.00 bits per heavy atom. The molecular weight excluding hydrogens is 323 g/mol. The van der Waals surface area contributed by atoms with Crippen LogP contribution < -0.4 is 5.32 Å². The van der Waals surface area contributed by atoms with Crippen molar-refractivity contribution >= 4 is 21.8 Å². The van der Waals surface area contributed by atoms with E-state index in [9.17, 15) is 9.18 Å². The van der Waals surface area contributed by atoms with Crippen molar-refractivity contribution in [3.8, 4) is 0 Å². The monoisotopic (exact) mass is 340 g/mol. The van der Waals surface area contributed by atoms with Crippen LogP contribution in [-0.4, -0.2) is 36.0 Å². The minimum absolute atomic E-state index is 0.120. The lowest BCUT2D eigenvalue weighted by atomic mass is 9.97. The molecular formula is C15H18BrFN2O. The first-order valence-electron chi connectivity index (χ1n) is 7.02. The van der Waals surface area contributed by atoms with Gasteiger partial charge in [0.05, 0.1) is 5.56 Å². The number of fused-ring (bicyclic) bond motifs is 2. The van der Waals surface area contributed by atoms with Crippen LogP contribution in [-0.2, 0) is 0 Å². The molecule has 2 fully saturated rings. The number of benzene rings is 1. The van der Waals surface area contributed by atoms with Crippen LogP contribution in [0.5, 0.6) is 0 Å². The van der Waals surface area contributed by atoms with Crippen molar-refractivity contribution < 1.29 is 9.18 Å². The molecule has 2 bridgehead atoms. The lowest BCUT2D eigenvalue weighted by Crippen LogP contribution is -2.48. The summed E-state index contributed by atoms with van der Waals surface area (Å²) in [6, 6.07) is 5.59. The van der Waals surface area contributed by atoms with Gasteiger partial charge in [-0.05, 0) is 66.9 Å². The third-order valence-electron chi connectivity index (χ3n) is 4.61. The number of nitrogens with zero attached hydrogens (tertiary/aromatic N) is 1. The maximum Gasteiger partial charge on any atom is 0.252 e. The number of halogens is 2. The van der Waals surface area contributed by atoms with E-state index in [-0.39, 0.29) is 17.8 Å². The first-order chi connectivity index (χ1) is 9.54. The van der Waals surface area contributed by atoms with E-state index < -0.39 is 0 Å². The Labute approximate surface area is 126 Å². The quantitative estimate of drug-likeness (QED) is 0.897. The topological polar surface area (TPSA) is 32.3 Å². The molecule has 1 aromatic rings. The molecule has 0 radical (unpaired) electrons. The van der Waals surface area contributed by atoms with Crippen LogP contribution in [0.15, 0.2) is 22.7 Å². The highest BCUT2D eigenvalue weighted by molar-refractivity contribution is 9.10. The summed E-state index contributed by atoms with van der Waals surface area (Å²) in [4.78, 5) is 14.7. The van der Waals surface area contributed by atoms with Gasteiger partial charge < -0.3 is 10.2 Å². The van der Waals surface area contributed by atoms with Crippen molar-refractivity contribution in [2.45, 2.75) is 43.8 Å².